The zero-order valence-corrected chi connectivity index (χ0v) is 42.6. The first-order valence-electron chi connectivity index (χ1n) is 28.4. The molecular formula is C57H111NO5. The molecule has 0 aliphatic rings. The van der Waals surface area contributed by atoms with Crippen LogP contribution in [0.4, 0.5) is 0 Å². The molecule has 63 heavy (non-hydrogen) atoms. The van der Waals surface area contributed by atoms with Crippen molar-refractivity contribution >= 4 is 11.9 Å². The van der Waals surface area contributed by atoms with Crippen molar-refractivity contribution in [1.29, 1.82) is 0 Å². The van der Waals surface area contributed by atoms with Gasteiger partial charge in [-0.25, -0.2) is 0 Å². The summed E-state index contributed by atoms with van der Waals surface area (Å²) in [4.78, 5) is 24.5. The summed E-state index contributed by atoms with van der Waals surface area (Å²) in [5.74, 6) is -0.101. The van der Waals surface area contributed by atoms with Crippen LogP contribution < -0.4 is 5.32 Å². The van der Waals surface area contributed by atoms with Gasteiger partial charge in [0.2, 0.25) is 5.91 Å². The van der Waals surface area contributed by atoms with Crippen molar-refractivity contribution in [1.82, 2.24) is 5.32 Å². The van der Waals surface area contributed by atoms with Gasteiger partial charge in [0.1, 0.15) is 0 Å². The Morgan fingerprint density at radius 1 is 0.429 bits per heavy atom. The van der Waals surface area contributed by atoms with E-state index in [-0.39, 0.29) is 18.5 Å². The van der Waals surface area contributed by atoms with E-state index in [1.807, 2.05) is 0 Å². The topological polar surface area (TPSA) is 95.9 Å². The van der Waals surface area contributed by atoms with Crippen molar-refractivity contribution in [2.75, 3.05) is 13.2 Å². The summed E-state index contributed by atoms with van der Waals surface area (Å²) < 4.78 is 5.43. The van der Waals surface area contributed by atoms with E-state index in [9.17, 15) is 19.8 Å². The standard InChI is InChI=1S/C57H111NO5/c1-3-5-7-9-11-13-15-17-18-19-20-21-22-23-24-25-26-28-29-33-37-41-45-49-55(60)54(53-59)58-56(61)50-46-42-38-34-31-32-36-40-44-48-52-63-57(62)51-47-43-39-35-30-27-16-14-12-10-8-6-4-2/h32,36,54-55,59-60H,3-31,33-35,37-53H2,1-2H3,(H,58,61)/b36-32-. The molecule has 0 aliphatic carbocycles. The molecule has 374 valence electrons. The van der Waals surface area contributed by atoms with Crippen molar-refractivity contribution in [2.45, 2.75) is 328 Å². The second-order valence-corrected chi connectivity index (χ2v) is 19.6. The first kappa shape index (κ1) is 61.6. The highest BCUT2D eigenvalue weighted by atomic mass is 16.5. The minimum absolute atomic E-state index is 0.0337. The van der Waals surface area contributed by atoms with Crippen molar-refractivity contribution in [3.63, 3.8) is 0 Å². The van der Waals surface area contributed by atoms with Gasteiger partial charge in [-0.1, -0.05) is 264 Å². The second-order valence-electron chi connectivity index (χ2n) is 19.6. The molecule has 0 spiro atoms. The van der Waals surface area contributed by atoms with E-state index in [1.54, 1.807) is 0 Å². The third kappa shape index (κ3) is 49.9. The van der Waals surface area contributed by atoms with E-state index < -0.39 is 12.1 Å². The fourth-order valence-electron chi connectivity index (χ4n) is 8.93. The van der Waals surface area contributed by atoms with Gasteiger partial charge in [-0.3, -0.25) is 9.59 Å². The molecule has 2 unspecified atom stereocenters. The number of allylic oxidation sites excluding steroid dienone is 2. The average Bonchev–Trinajstić information content (AvgIpc) is 3.28. The third-order valence-corrected chi connectivity index (χ3v) is 13.3. The highest BCUT2D eigenvalue weighted by molar-refractivity contribution is 5.76. The summed E-state index contributed by atoms with van der Waals surface area (Å²) in [6.07, 6.45) is 62.0. The Kier molecular flexibility index (Phi) is 52.0. The van der Waals surface area contributed by atoms with Crippen molar-refractivity contribution in [3.05, 3.63) is 12.2 Å². The van der Waals surface area contributed by atoms with Gasteiger partial charge >= 0.3 is 5.97 Å². The Balaban J connectivity index is 3.49. The van der Waals surface area contributed by atoms with Gasteiger partial charge in [-0.15, -0.1) is 0 Å². The van der Waals surface area contributed by atoms with Crippen LogP contribution in [0.25, 0.3) is 0 Å². The molecule has 0 radical (unpaired) electrons. The number of unbranched alkanes of at least 4 members (excludes halogenated alkanes) is 40. The van der Waals surface area contributed by atoms with Crippen LogP contribution >= 0.6 is 0 Å². The summed E-state index contributed by atoms with van der Waals surface area (Å²) in [7, 11) is 0. The number of hydrogen-bond acceptors (Lipinski definition) is 5. The van der Waals surface area contributed by atoms with Crippen molar-refractivity contribution < 1.29 is 24.5 Å². The molecule has 0 bridgehead atoms. The highest BCUT2D eigenvalue weighted by Crippen LogP contribution is 2.17. The minimum Gasteiger partial charge on any atom is -0.466 e. The Morgan fingerprint density at radius 2 is 0.746 bits per heavy atom. The van der Waals surface area contributed by atoms with Gasteiger partial charge in [0.15, 0.2) is 0 Å². The SMILES string of the molecule is CCCCCCCCCCCCCCCCCCCCCCCCCC(O)C(CO)NC(=O)CCCCCC/C=C\CCCCOC(=O)CCCCCCCCCCCCCCC. The van der Waals surface area contributed by atoms with Crippen LogP contribution in [-0.2, 0) is 14.3 Å². The quantitative estimate of drug-likeness (QED) is 0.0321. The van der Waals surface area contributed by atoms with Crippen molar-refractivity contribution in [3.8, 4) is 0 Å². The molecule has 0 saturated carbocycles. The summed E-state index contributed by atoms with van der Waals surface area (Å²) >= 11 is 0. The second kappa shape index (κ2) is 53.2. The molecule has 6 heteroatoms. The van der Waals surface area contributed by atoms with E-state index in [0.29, 0.717) is 25.9 Å². The van der Waals surface area contributed by atoms with Gasteiger partial charge in [-0.2, -0.15) is 0 Å². The van der Waals surface area contributed by atoms with E-state index in [0.717, 1.165) is 77.0 Å². The van der Waals surface area contributed by atoms with Crippen LogP contribution in [0.1, 0.15) is 316 Å². The molecule has 0 aromatic heterocycles. The molecule has 6 nitrogen and oxygen atoms in total. The number of carbonyl (C=O) groups excluding carboxylic acids is 2. The van der Waals surface area contributed by atoms with Crippen LogP contribution in [-0.4, -0.2) is 47.4 Å². The fraction of sp³-hybridized carbons (Fsp3) is 0.930. The number of aliphatic hydroxyl groups excluding tert-OH is 2. The number of amides is 1. The van der Waals surface area contributed by atoms with Gasteiger partial charge in [0, 0.05) is 12.8 Å². The maximum absolute atomic E-state index is 12.5. The highest BCUT2D eigenvalue weighted by Gasteiger charge is 2.20. The number of hydrogen-bond donors (Lipinski definition) is 3. The zero-order chi connectivity index (χ0) is 45.8. The monoisotopic (exact) mass is 890 g/mol. The lowest BCUT2D eigenvalue weighted by atomic mass is 10.0. The molecule has 0 rings (SSSR count). The van der Waals surface area contributed by atoms with E-state index >= 15 is 0 Å². The maximum Gasteiger partial charge on any atom is 0.305 e. The molecule has 2 atom stereocenters. The third-order valence-electron chi connectivity index (χ3n) is 13.3. The van der Waals surface area contributed by atoms with Gasteiger partial charge in [0.05, 0.1) is 25.4 Å². The molecule has 0 saturated heterocycles. The van der Waals surface area contributed by atoms with Crippen LogP contribution in [0.3, 0.4) is 0 Å². The summed E-state index contributed by atoms with van der Waals surface area (Å²) in [5.41, 5.74) is 0. The van der Waals surface area contributed by atoms with Crippen LogP contribution in [0.15, 0.2) is 12.2 Å². The summed E-state index contributed by atoms with van der Waals surface area (Å²) in [6.45, 7) is 4.89. The summed E-state index contributed by atoms with van der Waals surface area (Å²) in [6, 6.07) is -0.566. The molecular weight excluding hydrogens is 779 g/mol. The van der Waals surface area contributed by atoms with Gasteiger partial charge < -0.3 is 20.3 Å². The van der Waals surface area contributed by atoms with Crippen LogP contribution in [0, 0.1) is 0 Å². The zero-order valence-electron chi connectivity index (χ0n) is 42.6. The maximum atomic E-state index is 12.5. The number of nitrogens with one attached hydrogen (secondary N) is 1. The number of ether oxygens (including phenoxy) is 1. The number of aliphatic hydroxyl groups is 2. The first-order valence-corrected chi connectivity index (χ1v) is 28.4. The Bertz CT molecular complexity index is 939. The number of esters is 1. The lowest BCUT2D eigenvalue weighted by Crippen LogP contribution is -2.45. The lowest BCUT2D eigenvalue weighted by Gasteiger charge is -2.22. The summed E-state index contributed by atoms with van der Waals surface area (Å²) in [5, 5.41) is 23.3. The minimum atomic E-state index is -0.686. The van der Waals surface area contributed by atoms with Gasteiger partial charge in [-0.05, 0) is 51.4 Å². The molecule has 0 heterocycles. The molecule has 3 N–H and O–H groups in total. The Labute approximate surface area is 393 Å². The Morgan fingerprint density at radius 3 is 1.13 bits per heavy atom. The molecule has 0 aromatic rings. The average molecular weight is 891 g/mol. The van der Waals surface area contributed by atoms with Crippen molar-refractivity contribution in [2.24, 2.45) is 0 Å². The number of carbonyl (C=O) groups is 2. The predicted octanol–water partition coefficient (Wildman–Crippen LogP) is 17.3. The van der Waals surface area contributed by atoms with Crippen LogP contribution in [0.2, 0.25) is 0 Å². The van der Waals surface area contributed by atoms with E-state index in [2.05, 4.69) is 31.3 Å². The van der Waals surface area contributed by atoms with Gasteiger partial charge in [0.25, 0.3) is 0 Å². The first-order chi connectivity index (χ1) is 31.0. The molecule has 1 amide bonds. The predicted molar refractivity (Wildman–Crippen MR) is 273 cm³/mol. The largest absolute Gasteiger partial charge is 0.466 e. The lowest BCUT2D eigenvalue weighted by molar-refractivity contribution is -0.143. The Hall–Kier alpha value is -1.40. The smallest absolute Gasteiger partial charge is 0.305 e. The van der Waals surface area contributed by atoms with E-state index in [1.165, 1.54) is 205 Å². The molecule has 0 fully saturated rings. The number of rotatable bonds is 53. The van der Waals surface area contributed by atoms with Crippen LogP contribution in [0.5, 0.6) is 0 Å². The molecule has 0 aliphatic heterocycles. The fourth-order valence-corrected chi connectivity index (χ4v) is 8.93. The van der Waals surface area contributed by atoms with E-state index in [4.69, 9.17) is 4.74 Å². The molecule has 0 aromatic carbocycles. The normalized spacial score (nSPS) is 12.6.